The minimum absolute atomic E-state index is 0.00538. The van der Waals surface area contributed by atoms with Crippen molar-refractivity contribution < 1.29 is 9.53 Å². The Kier molecular flexibility index (Phi) is 3.75. The molecule has 0 spiro atoms. The van der Waals surface area contributed by atoms with Crippen molar-refractivity contribution >= 4 is 5.91 Å². The van der Waals surface area contributed by atoms with E-state index in [1.807, 2.05) is 54.6 Å². The van der Waals surface area contributed by atoms with Gasteiger partial charge in [0.2, 0.25) is 0 Å². The van der Waals surface area contributed by atoms with Crippen LogP contribution in [-0.2, 0) is 0 Å². The highest BCUT2D eigenvalue weighted by atomic mass is 16.5. The first-order valence-electron chi connectivity index (χ1n) is 8.13. The van der Waals surface area contributed by atoms with Gasteiger partial charge >= 0.3 is 0 Å². The molecule has 2 unspecified atom stereocenters. The third-order valence-corrected chi connectivity index (χ3v) is 4.86. The normalized spacial score (nSPS) is 24.8. The molecule has 1 aliphatic carbocycles. The molecule has 23 heavy (non-hydrogen) atoms. The van der Waals surface area contributed by atoms with Crippen molar-refractivity contribution in [1.82, 2.24) is 10.6 Å². The fourth-order valence-corrected chi connectivity index (χ4v) is 3.46. The number of ether oxygens (including phenoxy) is 1. The summed E-state index contributed by atoms with van der Waals surface area (Å²) in [5.41, 5.74) is 0.675. The number of benzene rings is 2. The number of carbonyl (C=O) groups excluding carboxylic acids is 1. The highest BCUT2D eigenvalue weighted by Gasteiger charge is 2.52. The van der Waals surface area contributed by atoms with Crippen LogP contribution in [0.3, 0.4) is 0 Å². The molecule has 1 saturated heterocycles. The number of fused-ring (bicyclic) bond motifs is 1. The summed E-state index contributed by atoms with van der Waals surface area (Å²) in [5, 5.41) is 6.42. The van der Waals surface area contributed by atoms with Gasteiger partial charge in [-0.15, -0.1) is 0 Å². The van der Waals surface area contributed by atoms with Gasteiger partial charge in [0.15, 0.2) is 0 Å². The van der Waals surface area contributed by atoms with Gasteiger partial charge in [-0.2, -0.15) is 0 Å². The van der Waals surface area contributed by atoms with E-state index in [2.05, 4.69) is 10.6 Å². The van der Waals surface area contributed by atoms with Crippen LogP contribution in [0, 0.1) is 17.8 Å². The van der Waals surface area contributed by atoms with Crippen LogP contribution in [0.25, 0.3) is 0 Å². The van der Waals surface area contributed by atoms with E-state index in [0.29, 0.717) is 11.5 Å². The second kappa shape index (κ2) is 6.05. The zero-order valence-corrected chi connectivity index (χ0v) is 12.9. The molecule has 0 aromatic heterocycles. The van der Waals surface area contributed by atoms with E-state index in [0.717, 1.165) is 43.0 Å². The van der Waals surface area contributed by atoms with Crippen LogP contribution >= 0.6 is 0 Å². The molecule has 118 valence electrons. The van der Waals surface area contributed by atoms with Gasteiger partial charge in [0.1, 0.15) is 11.5 Å². The number of nitrogens with one attached hydrogen (secondary N) is 2. The maximum absolute atomic E-state index is 12.2. The monoisotopic (exact) mass is 308 g/mol. The molecule has 4 heteroatoms. The first-order valence-corrected chi connectivity index (χ1v) is 8.13. The standard InChI is InChI=1S/C19H20N2O2/c22-19(21-12-18-16-10-20-11-17(16)18)13-6-8-15(9-7-13)23-14-4-2-1-3-5-14/h1-9,16-18,20H,10-12H2,(H,21,22). The Morgan fingerprint density at radius 1 is 1.00 bits per heavy atom. The van der Waals surface area contributed by atoms with Crippen LogP contribution in [0.15, 0.2) is 54.6 Å². The van der Waals surface area contributed by atoms with Crippen molar-refractivity contribution in [2.24, 2.45) is 17.8 Å². The third kappa shape index (κ3) is 3.08. The van der Waals surface area contributed by atoms with E-state index in [4.69, 9.17) is 4.74 Å². The van der Waals surface area contributed by atoms with Gasteiger partial charge in [0, 0.05) is 12.1 Å². The molecule has 2 atom stereocenters. The molecule has 4 rings (SSSR count). The number of para-hydroxylation sites is 1. The maximum atomic E-state index is 12.2. The summed E-state index contributed by atoms with van der Waals surface area (Å²) in [6.45, 7) is 3.01. The molecule has 4 nitrogen and oxygen atoms in total. The highest BCUT2D eigenvalue weighted by molar-refractivity contribution is 5.94. The molecule has 1 heterocycles. The topological polar surface area (TPSA) is 50.4 Å². The number of amides is 1. The zero-order chi connectivity index (χ0) is 15.6. The van der Waals surface area contributed by atoms with Gasteiger partial charge in [-0.3, -0.25) is 4.79 Å². The van der Waals surface area contributed by atoms with Crippen LogP contribution in [0.2, 0.25) is 0 Å². The van der Waals surface area contributed by atoms with Gasteiger partial charge in [-0.05, 0) is 67.2 Å². The Labute approximate surface area is 135 Å². The third-order valence-electron chi connectivity index (χ3n) is 4.86. The minimum atomic E-state index is -0.00538. The maximum Gasteiger partial charge on any atom is 0.251 e. The average Bonchev–Trinajstić information content (AvgIpc) is 3.02. The predicted octanol–water partition coefficient (Wildman–Crippen LogP) is 2.67. The highest BCUT2D eigenvalue weighted by Crippen LogP contribution is 2.47. The molecule has 0 bridgehead atoms. The van der Waals surface area contributed by atoms with Gasteiger partial charge in [-0.25, -0.2) is 0 Å². The minimum Gasteiger partial charge on any atom is -0.457 e. The Bertz CT molecular complexity index is 674. The predicted molar refractivity (Wildman–Crippen MR) is 88.6 cm³/mol. The Morgan fingerprint density at radius 3 is 2.35 bits per heavy atom. The molecule has 2 aromatic rings. The van der Waals surface area contributed by atoms with E-state index < -0.39 is 0 Å². The van der Waals surface area contributed by atoms with Gasteiger partial charge in [0.25, 0.3) is 5.91 Å². The number of carbonyl (C=O) groups is 1. The van der Waals surface area contributed by atoms with Crippen LogP contribution in [-0.4, -0.2) is 25.5 Å². The first-order chi connectivity index (χ1) is 11.3. The van der Waals surface area contributed by atoms with Gasteiger partial charge in [-0.1, -0.05) is 18.2 Å². The van der Waals surface area contributed by atoms with Crippen LogP contribution in [0.4, 0.5) is 0 Å². The SMILES string of the molecule is O=C(NCC1C2CNCC21)c1ccc(Oc2ccccc2)cc1. The molecular weight excluding hydrogens is 288 g/mol. The van der Waals surface area contributed by atoms with Crippen molar-refractivity contribution in [2.45, 2.75) is 0 Å². The summed E-state index contributed by atoms with van der Waals surface area (Å²) < 4.78 is 5.73. The lowest BCUT2D eigenvalue weighted by Gasteiger charge is -2.08. The van der Waals surface area contributed by atoms with E-state index in [1.165, 1.54) is 0 Å². The number of rotatable bonds is 5. The summed E-state index contributed by atoms with van der Waals surface area (Å²) in [4.78, 5) is 12.2. The Balaban J connectivity index is 1.31. The van der Waals surface area contributed by atoms with Crippen LogP contribution in [0.5, 0.6) is 11.5 Å². The molecule has 2 N–H and O–H groups in total. The number of hydrogen-bond donors (Lipinski definition) is 2. The van der Waals surface area contributed by atoms with Crippen molar-refractivity contribution in [3.05, 3.63) is 60.2 Å². The molecule has 2 aromatic carbocycles. The second-order valence-corrected chi connectivity index (χ2v) is 6.30. The van der Waals surface area contributed by atoms with Crippen molar-refractivity contribution in [3.63, 3.8) is 0 Å². The van der Waals surface area contributed by atoms with Gasteiger partial charge < -0.3 is 15.4 Å². The average molecular weight is 308 g/mol. The van der Waals surface area contributed by atoms with Gasteiger partial charge in [0.05, 0.1) is 0 Å². The molecule has 0 radical (unpaired) electrons. The van der Waals surface area contributed by atoms with E-state index in [1.54, 1.807) is 0 Å². The smallest absolute Gasteiger partial charge is 0.251 e. The summed E-state index contributed by atoms with van der Waals surface area (Å²) >= 11 is 0. The zero-order valence-electron chi connectivity index (χ0n) is 12.9. The molecule has 2 aliphatic rings. The fourth-order valence-electron chi connectivity index (χ4n) is 3.46. The van der Waals surface area contributed by atoms with Crippen LogP contribution < -0.4 is 15.4 Å². The van der Waals surface area contributed by atoms with Crippen molar-refractivity contribution in [3.8, 4) is 11.5 Å². The lowest BCUT2D eigenvalue weighted by molar-refractivity contribution is 0.0950. The molecular formula is C19H20N2O2. The van der Waals surface area contributed by atoms with Crippen molar-refractivity contribution in [2.75, 3.05) is 19.6 Å². The number of piperidine rings is 1. The summed E-state index contributed by atoms with van der Waals surface area (Å²) in [7, 11) is 0. The molecule has 1 aliphatic heterocycles. The molecule has 1 saturated carbocycles. The largest absolute Gasteiger partial charge is 0.457 e. The molecule has 1 amide bonds. The van der Waals surface area contributed by atoms with Crippen LogP contribution in [0.1, 0.15) is 10.4 Å². The Hall–Kier alpha value is -2.33. The lowest BCUT2D eigenvalue weighted by Crippen LogP contribution is -2.28. The quantitative estimate of drug-likeness (QED) is 0.893. The Morgan fingerprint density at radius 2 is 1.65 bits per heavy atom. The number of hydrogen-bond acceptors (Lipinski definition) is 3. The van der Waals surface area contributed by atoms with E-state index in [9.17, 15) is 4.79 Å². The molecule has 2 fully saturated rings. The van der Waals surface area contributed by atoms with E-state index in [-0.39, 0.29) is 5.91 Å². The summed E-state index contributed by atoms with van der Waals surface area (Å²) in [6, 6.07) is 16.9. The van der Waals surface area contributed by atoms with Crippen molar-refractivity contribution in [1.29, 1.82) is 0 Å². The van der Waals surface area contributed by atoms with E-state index >= 15 is 0 Å². The first kappa shape index (κ1) is 14.3. The fraction of sp³-hybridized carbons (Fsp3) is 0.316. The lowest BCUT2D eigenvalue weighted by atomic mass is 10.2. The second-order valence-electron chi connectivity index (χ2n) is 6.30. The summed E-state index contributed by atoms with van der Waals surface area (Å²) in [5.74, 6) is 3.73. The summed E-state index contributed by atoms with van der Waals surface area (Å²) in [6.07, 6.45) is 0.